The molecule has 1 aliphatic rings. The first-order valence-corrected chi connectivity index (χ1v) is 13.1. The summed E-state index contributed by atoms with van der Waals surface area (Å²) in [7, 11) is 1.59. The highest BCUT2D eigenvalue weighted by atomic mass is 16.6. The molecule has 2 aromatic rings. The molecule has 1 aromatic carbocycles. The van der Waals surface area contributed by atoms with Crippen LogP contribution in [-0.4, -0.2) is 47.5 Å². The molecule has 1 saturated carbocycles. The number of nitriles is 1. The number of alkyl carbamates (subject to hydrolysis) is 1. The van der Waals surface area contributed by atoms with Crippen molar-refractivity contribution in [3.63, 3.8) is 0 Å². The van der Waals surface area contributed by atoms with Crippen molar-refractivity contribution >= 4 is 12.0 Å². The van der Waals surface area contributed by atoms with Crippen molar-refractivity contribution in [2.45, 2.75) is 83.0 Å². The van der Waals surface area contributed by atoms with Gasteiger partial charge >= 0.3 is 6.09 Å². The number of carbonyl (C=O) groups is 2. The van der Waals surface area contributed by atoms with Gasteiger partial charge in [-0.15, -0.1) is 0 Å². The van der Waals surface area contributed by atoms with E-state index in [0.717, 1.165) is 36.0 Å². The van der Waals surface area contributed by atoms with Gasteiger partial charge < -0.3 is 24.7 Å². The van der Waals surface area contributed by atoms with E-state index in [9.17, 15) is 19.6 Å². The van der Waals surface area contributed by atoms with Crippen molar-refractivity contribution < 1.29 is 19.1 Å². The van der Waals surface area contributed by atoms with Crippen LogP contribution in [0.3, 0.4) is 0 Å². The van der Waals surface area contributed by atoms with Gasteiger partial charge in [0.1, 0.15) is 17.2 Å². The molecule has 0 radical (unpaired) electrons. The summed E-state index contributed by atoms with van der Waals surface area (Å²) in [6.07, 6.45) is 5.08. The van der Waals surface area contributed by atoms with Crippen LogP contribution < -0.4 is 16.2 Å². The molecule has 1 heterocycles. The molecule has 0 saturated heterocycles. The summed E-state index contributed by atoms with van der Waals surface area (Å²) in [5.74, 6) is -0.357. The number of methoxy groups -OCH3 is 1. The third-order valence-corrected chi connectivity index (χ3v) is 6.59. The fourth-order valence-electron chi connectivity index (χ4n) is 4.62. The van der Waals surface area contributed by atoms with Gasteiger partial charge in [0.2, 0.25) is 5.91 Å². The van der Waals surface area contributed by atoms with Gasteiger partial charge in [-0.05, 0) is 56.4 Å². The molecule has 0 bridgehead atoms. The van der Waals surface area contributed by atoms with E-state index in [2.05, 4.69) is 16.7 Å². The molecular formula is C29H38N4O5. The van der Waals surface area contributed by atoms with E-state index in [1.165, 1.54) is 6.07 Å². The van der Waals surface area contributed by atoms with E-state index < -0.39 is 23.3 Å². The van der Waals surface area contributed by atoms with Crippen LogP contribution in [0.2, 0.25) is 0 Å². The lowest BCUT2D eigenvalue weighted by Gasteiger charge is -2.37. The zero-order valence-electron chi connectivity index (χ0n) is 22.7. The molecule has 9 heteroatoms. The third-order valence-electron chi connectivity index (χ3n) is 6.59. The van der Waals surface area contributed by atoms with E-state index in [4.69, 9.17) is 9.47 Å². The summed E-state index contributed by atoms with van der Waals surface area (Å²) < 4.78 is 12.1. The predicted octanol–water partition coefficient (Wildman–Crippen LogP) is 3.94. The molecule has 1 fully saturated rings. The number of rotatable bonds is 9. The second kappa shape index (κ2) is 12.7. The lowest BCUT2D eigenvalue weighted by atomic mass is 9.80. The van der Waals surface area contributed by atoms with E-state index in [0.29, 0.717) is 32.4 Å². The zero-order chi connectivity index (χ0) is 27.8. The highest BCUT2D eigenvalue weighted by Crippen LogP contribution is 2.29. The highest BCUT2D eigenvalue weighted by Gasteiger charge is 2.42. The molecule has 1 atom stereocenters. The van der Waals surface area contributed by atoms with Crippen LogP contribution in [0.4, 0.5) is 4.79 Å². The average Bonchev–Trinajstić information content (AvgIpc) is 2.87. The maximum Gasteiger partial charge on any atom is 0.408 e. The number of nitrogens with one attached hydrogen (secondary N) is 2. The van der Waals surface area contributed by atoms with Gasteiger partial charge in [-0.1, -0.05) is 43.5 Å². The Morgan fingerprint density at radius 2 is 1.74 bits per heavy atom. The molecular weight excluding hydrogens is 484 g/mol. The zero-order valence-corrected chi connectivity index (χ0v) is 22.7. The van der Waals surface area contributed by atoms with Crippen molar-refractivity contribution in [2.24, 2.45) is 0 Å². The lowest BCUT2D eigenvalue weighted by Crippen LogP contribution is -2.61. The maximum absolute atomic E-state index is 13.4. The van der Waals surface area contributed by atoms with E-state index in [1.807, 2.05) is 24.3 Å². The molecule has 2 amide bonds. The lowest BCUT2D eigenvalue weighted by molar-refractivity contribution is -0.129. The van der Waals surface area contributed by atoms with Crippen LogP contribution in [0.15, 0.2) is 47.4 Å². The number of amides is 2. The number of hydrogen-bond donors (Lipinski definition) is 2. The van der Waals surface area contributed by atoms with Crippen LogP contribution in [0.1, 0.15) is 58.4 Å². The predicted molar refractivity (Wildman–Crippen MR) is 144 cm³/mol. The van der Waals surface area contributed by atoms with E-state index >= 15 is 0 Å². The molecule has 9 nitrogen and oxygen atoms in total. The summed E-state index contributed by atoms with van der Waals surface area (Å²) in [4.78, 5) is 38.0. The van der Waals surface area contributed by atoms with Crippen molar-refractivity contribution in [2.75, 3.05) is 13.7 Å². The molecule has 0 aliphatic heterocycles. The van der Waals surface area contributed by atoms with Crippen LogP contribution >= 0.6 is 0 Å². The largest absolute Gasteiger partial charge is 0.444 e. The van der Waals surface area contributed by atoms with Crippen molar-refractivity contribution in [3.05, 3.63) is 58.5 Å². The van der Waals surface area contributed by atoms with Gasteiger partial charge in [-0.2, -0.15) is 5.26 Å². The smallest absolute Gasteiger partial charge is 0.408 e. The Labute approximate surface area is 224 Å². The second-order valence-corrected chi connectivity index (χ2v) is 10.8. The number of benzene rings is 1. The molecule has 0 spiro atoms. The average molecular weight is 523 g/mol. The Kier molecular flexibility index (Phi) is 9.70. The van der Waals surface area contributed by atoms with Crippen LogP contribution in [0.25, 0.3) is 11.1 Å². The first-order valence-electron chi connectivity index (χ1n) is 13.1. The summed E-state index contributed by atoms with van der Waals surface area (Å²) >= 11 is 0. The first kappa shape index (κ1) is 28.9. The molecule has 2 N–H and O–H groups in total. The van der Waals surface area contributed by atoms with Gasteiger partial charge in [0, 0.05) is 32.3 Å². The topological polar surface area (TPSA) is 122 Å². The van der Waals surface area contributed by atoms with Gasteiger partial charge in [0.15, 0.2) is 0 Å². The molecule has 204 valence electrons. The Bertz CT molecular complexity index is 1200. The maximum atomic E-state index is 13.4. The van der Waals surface area contributed by atoms with Crippen LogP contribution in [0.5, 0.6) is 0 Å². The summed E-state index contributed by atoms with van der Waals surface area (Å²) in [6.45, 7) is 6.23. The minimum atomic E-state index is -1.09. The fourth-order valence-corrected chi connectivity index (χ4v) is 4.62. The normalized spacial score (nSPS) is 15.7. The minimum absolute atomic E-state index is 0.0908. The van der Waals surface area contributed by atoms with E-state index in [1.54, 1.807) is 44.7 Å². The minimum Gasteiger partial charge on any atom is -0.444 e. The van der Waals surface area contributed by atoms with Crippen molar-refractivity contribution in [1.82, 2.24) is 15.2 Å². The summed E-state index contributed by atoms with van der Waals surface area (Å²) in [5.41, 5.74) is 0.841. The number of aromatic nitrogens is 1. The van der Waals surface area contributed by atoms with Gasteiger partial charge in [-0.25, -0.2) is 4.79 Å². The number of pyridine rings is 1. The van der Waals surface area contributed by atoms with Gasteiger partial charge in [0.25, 0.3) is 5.56 Å². The van der Waals surface area contributed by atoms with Gasteiger partial charge in [0.05, 0.1) is 12.7 Å². The summed E-state index contributed by atoms with van der Waals surface area (Å²) in [5, 5.41) is 15.5. The third kappa shape index (κ3) is 7.93. The van der Waals surface area contributed by atoms with Crippen LogP contribution in [0, 0.1) is 11.3 Å². The van der Waals surface area contributed by atoms with Crippen LogP contribution in [-0.2, 0) is 27.2 Å². The summed E-state index contributed by atoms with van der Waals surface area (Å²) in [6, 6.07) is 12.4. The molecule has 1 unspecified atom stereocenters. The Hall–Kier alpha value is -3.64. The quantitative estimate of drug-likeness (QED) is 0.514. The van der Waals surface area contributed by atoms with Gasteiger partial charge in [-0.3, -0.25) is 9.59 Å². The highest BCUT2D eigenvalue weighted by molar-refractivity contribution is 5.90. The van der Waals surface area contributed by atoms with Crippen molar-refractivity contribution in [1.29, 1.82) is 5.26 Å². The second-order valence-electron chi connectivity index (χ2n) is 10.8. The Morgan fingerprint density at radius 3 is 2.34 bits per heavy atom. The number of nitrogens with zero attached hydrogens (tertiary/aromatic N) is 2. The molecule has 1 aliphatic carbocycles. The number of carbonyl (C=O) groups excluding carboxylic acids is 2. The van der Waals surface area contributed by atoms with Crippen molar-refractivity contribution in [3.8, 4) is 17.2 Å². The molecule has 1 aromatic heterocycles. The number of ether oxygens (including phenoxy) is 2. The first-order chi connectivity index (χ1) is 18.0. The fraction of sp³-hybridized carbons (Fsp3) is 0.517. The SMILES string of the molecule is COCCn1cc(-c2ccc(CC(C#N)NC(=O)C3(NC(=O)OC(C)(C)C)CCCCC3)cc2)ccc1=O. The molecule has 3 rings (SSSR count). The Balaban J connectivity index is 1.69. The standard InChI is InChI=1S/C29H38N4O5/c1-28(2,3)38-27(36)32-29(14-6-5-7-15-29)26(35)31-24(19-30)18-21-8-10-22(11-9-21)23-12-13-25(34)33(20-23)16-17-37-4/h8-13,20,24H,5-7,14-18H2,1-4H3,(H,31,35)(H,32,36). The molecule has 38 heavy (non-hydrogen) atoms. The number of hydrogen-bond acceptors (Lipinski definition) is 6. The Morgan fingerprint density at radius 1 is 1.08 bits per heavy atom. The van der Waals surface area contributed by atoms with E-state index in [-0.39, 0.29) is 11.5 Å². The monoisotopic (exact) mass is 522 g/mol.